The molecule has 0 spiro atoms. The van der Waals surface area contributed by atoms with Crippen LogP contribution in [0.4, 0.5) is 11.4 Å². The van der Waals surface area contributed by atoms with Crippen LogP contribution in [0.15, 0.2) is 18.5 Å². The summed E-state index contributed by atoms with van der Waals surface area (Å²) in [5, 5.41) is 6.54. The molecule has 0 saturated carbocycles. The van der Waals surface area contributed by atoms with Crippen LogP contribution >= 0.6 is 0 Å². The fourth-order valence-electron chi connectivity index (χ4n) is 2.19. The molecule has 116 valence electrons. The van der Waals surface area contributed by atoms with Crippen LogP contribution in [0.3, 0.4) is 0 Å². The van der Waals surface area contributed by atoms with Crippen molar-refractivity contribution in [3.8, 4) is 0 Å². The first-order chi connectivity index (χ1) is 10.3. The number of aromatic nitrogens is 1. The first-order valence-corrected chi connectivity index (χ1v) is 7.58. The van der Waals surface area contributed by atoms with Crippen molar-refractivity contribution in [3.63, 3.8) is 0 Å². The standard InChI is InChI=1S/C15H24N4O2/c1-2-4-17-13-10-14(12-16-11-13)18-5-3-15(20)19-6-8-21-9-7-19/h10-12,17-18H,2-9H2,1H3. The van der Waals surface area contributed by atoms with Gasteiger partial charge in [0.2, 0.25) is 5.91 Å². The van der Waals surface area contributed by atoms with Gasteiger partial charge in [-0.15, -0.1) is 0 Å². The first kappa shape index (κ1) is 15.6. The van der Waals surface area contributed by atoms with Crippen LogP contribution < -0.4 is 10.6 Å². The Kier molecular flexibility index (Phi) is 6.27. The molecule has 0 atom stereocenters. The van der Waals surface area contributed by atoms with Crippen LogP contribution in [0.1, 0.15) is 19.8 Å². The van der Waals surface area contributed by atoms with Crippen LogP contribution in [0.2, 0.25) is 0 Å². The zero-order valence-electron chi connectivity index (χ0n) is 12.6. The smallest absolute Gasteiger partial charge is 0.224 e. The predicted octanol–water partition coefficient (Wildman–Crippen LogP) is 1.56. The molecular formula is C15H24N4O2. The molecule has 1 saturated heterocycles. The van der Waals surface area contributed by atoms with Crippen LogP contribution in [0, 0.1) is 0 Å². The van der Waals surface area contributed by atoms with Crippen LogP contribution in [-0.4, -0.2) is 55.2 Å². The molecule has 21 heavy (non-hydrogen) atoms. The average molecular weight is 292 g/mol. The van der Waals surface area contributed by atoms with Gasteiger partial charge < -0.3 is 20.3 Å². The lowest BCUT2D eigenvalue weighted by molar-refractivity contribution is -0.134. The Morgan fingerprint density at radius 2 is 1.90 bits per heavy atom. The summed E-state index contributed by atoms with van der Waals surface area (Å²) in [6.07, 6.45) is 5.15. The van der Waals surface area contributed by atoms with Gasteiger partial charge in [-0.25, -0.2) is 0 Å². The van der Waals surface area contributed by atoms with Gasteiger partial charge in [0, 0.05) is 32.6 Å². The molecule has 0 unspecified atom stereocenters. The molecule has 1 aliphatic rings. The molecule has 1 amide bonds. The number of nitrogens with zero attached hydrogens (tertiary/aromatic N) is 2. The average Bonchev–Trinajstić information content (AvgIpc) is 2.54. The van der Waals surface area contributed by atoms with Gasteiger partial charge in [-0.2, -0.15) is 0 Å². The Hall–Kier alpha value is -1.82. The molecule has 2 N–H and O–H groups in total. The lowest BCUT2D eigenvalue weighted by Crippen LogP contribution is -2.41. The van der Waals surface area contributed by atoms with E-state index in [0.717, 1.165) is 24.3 Å². The third kappa shape index (κ3) is 5.23. The summed E-state index contributed by atoms with van der Waals surface area (Å²) in [4.78, 5) is 18.1. The lowest BCUT2D eigenvalue weighted by Gasteiger charge is -2.26. The van der Waals surface area contributed by atoms with E-state index in [-0.39, 0.29) is 5.91 Å². The van der Waals surface area contributed by atoms with Gasteiger partial charge in [0.1, 0.15) is 0 Å². The minimum absolute atomic E-state index is 0.180. The second-order valence-corrected chi connectivity index (χ2v) is 5.06. The molecular weight excluding hydrogens is 268 g/mol. The number of hydrogen-bond donors (Lipinski definition) is 2. The van der Waals surface area contributed by atoms with Crippen LogP contribution in [-0.2, 0) is 9.53 Å². The molecule has 6 heteroatoms. The largest absolute Gasteiger partial charge is 0.384 e. The van der Waals surface area contributed by atoms with Crippen LogP contribution in [0.25, 0.3) is 0 Å². The third-order valence-electron chi connectivity index (χ3n) is 3.35. The first-order valence-electron chi connectivity index (χ1n) is 7.58. The SMILES string of the molecule is CCCNc1cncc(NCCC(=O)N2CCOCC2)c1. The van der Waals surface area contributed by atoms with Crippen molar-refractivity contribution < 1.29 is 9.53 Å². The van der Waals surface area contributed by atoms with E-state index < -0.39 is 0 Å². The molecule has 1 aromatic heterocycles. The van der Waals surface area contributed by atoms with Gasteiger partial charge in [0.25, 0.3) is 0 Å². The maximum atomic E-state index is 12.0. The monoisotopic (exact) mass is 292 g/mol. The minimum Gasteiger partial charge on any atom is -0.384 e. The van der Waals surface area contributed by atoms with Gasteiger partial charge in [-0.1, -0.05) is 6.92 Å². The minimum atomic E-state index is 0.180. The zero-order chi connectivity index (χ0) is 14.9. The van der Waals surface area contributed by atoms with E-state index >= 15 is 0 Å². The maximum Gasteiger partial charge on any atom is 0.224 e. The van der Waals surface area contributed by atoms with E-state index in [2.05, 4.69) is 22.5 Å². The highest BCUT2D eigenvalue weighted by molar-refractivity contribution is 5.76. The highest BCUT2D eigenvalue weighted by Gasteiger charge is 2.15. The summed E-state index contributed by atoms with van der Waals surface area (Å²) in [7, 11) is 0. The Bertz CT molecular complexity index is 447. The molecule has 1 aromatic rings. The summed E-state index contributed by atoms with van der Waals surface area (Å²) in [6.45, 7) is 6.38. The summed E-state index contributed by atoms with van der Waals surface area (Å²) in [6, 6.07) is 2.02. The van der Waals surface area contributed by atoms with Crippen LogP contribution in [0.5, 0.6) is 0 Å². The topological polar surface area (TPSA) is 66.5 Å². The highest BCUT2D eigenvalue weighted by atomic mass is 16.5. The quantitative estimate of drug-likeness (QED) is 0.798. The number of nitrogens with one attached hydrogen (secondary N) is 2. The van der Waals surface area contributed by atoms with Gasteiger partial charge >= 0.3 is 0 Å². The van der Waals surface area contributed by atoms with Crippen molar-refractivity contribution >= 4 is 17.3 Å². The lowest BCUT2D eigenvalue weighted by atomic mass is 10.3. The highest BCUT2D eigenvalue weighted by Crippen LogP contribution is 2.13. The number of anilines is 2. The molecule has 0 bridgehead atoms. The summed E-state index contributed by atoms with van der Waals surface area (Å²) in [5.41, 5.74) is 1.94. The second-order valence-electron chi connectivity index (χ2n) is 5.06. The van der Waals surface area contributed by atoms with E-state index in [1.165, 1.54) is 0 Å². The van der Waals surface area contributed by atoms with Crippen molar-refractivity contribution in [1.29, 1.82) is 0 Å². The number of ether oxygens (including phenoxy) is 1. The predicted molar refractivity (Wildman–Crippen MR) is 83.5 cm³/mol. The van der Waals surface area contributed by atoms with Crippen molar-refractivity contribution in [2.75, 3.05) is 50.0 Å². The number of carbonyl (C=O) groups excluding carboxylic acids is 1. The maximum absolute atomic E-state index is 12.0. The summed E-state index contributed by atoms with van der Waals surface area (Å²) in [5.74, 6) is 0.180. The number of pyridine rings is 1. The molecule has 1 fully saturated rings. The summed E-state index contributed by atoms with van der Waals surface area (Å²) >= 11 is 0. The number of rotatable bonds is 7. The van der Waals surface area contributed by atoms with Gasteiger partial charge in [0.05, 0.1) is 37.0 Å². The third-order valence-corrected chi connectivity index (χ3v) is 3.35. The molecule has 2 heterocycles. The van der Waals surface area contributed by atoms with Crippen molar-refractivity contribution in [3.05, 3.63) is 18.5 Å². The number of hydrogen-bond acceptors (Lipinski definition) is 5. The van der Waals surface area contributed by atoms with Gasteiger partial charge in [-0.3, -0.25) is 9.78 Å². The van der Waals surface area contributed by atoms with E-state index in [1.54, 1.807) is 12.4 Å². The number of carbonyl (C=O) groups is 1. The van der Waals surface area contributed by atoms with E-state index in [9.17, 15) is 4.79 Å². The van der Waals surface area contributed by atoms with Crippen molar-refractivity contribution in [2.24, 2.45) is 0 Å². The van der Waals surface area contributed by atoms with Crippen molar-refractivity contribution in [2.45, 2.75) is 19.8 Å². The Labute approximate surface area is 125 Å². The second kappa shape index (κ2) is 8.46. The molecule has 0 aromatic carbocycles. The fourth-order valence-corrected chi connectivity index (χ4v) is 2.19. The van der Waals surface area contributed by atoms with E-state index in [1.807, 2.05) is 11.0 Å². The Morgan fingerprint density at radius 1 is 1.24 bits per heavy atom. The molecule has 0 radical (unpaired) electrons. The molecule has 0 aliphatic carbocycles. The number of amides is 1. The fraction of sp³-hybridized carbons (Fsp3) is 0.600. The van der Waals surface area contributed by atoms with Gasteiger partial charge in [-0.05, 0) is 12.5 Å². The molecule has 2 rings (SSSR count). The molecule has 6 nitrogen and oxygen atoms in total. The zero-order valence-corrected chi connectivity index (χ0v) is 12.6. The molecule has 1 aliphatic heterocycles. The van der Waals surface area contributed by atoms with Crippen molar-refractivity contribution in [1.82, 2.24) is 9.88 Å². The van der Waals surface area contributed by atoms with E-state index in [0.29, 0.717) is 39.3 Å². The van der Waals surface area contributed by atoms with E-state index in [4.69, 9.17) is 4.74 Å². The number of morpholine rings is 1. The summed E-state index contributed by atoms with van der Waals surface area (Å²) < 4.78 is 5.24. The normalized spacial score (nSPS) is 14.8. The van der Waals surface area contributed by atoms with Gasteiger partial charge in [0.15, 0.2) is 0 Å². The Balaban J connectivity index is 1.73. The Morgan fingerprint density at radius 3 is 2.57 bits per heavy atom.